The van der Waals surface area contributed by atoms with Gasteiger partial charge in [-0.3, -0.25) is 9.89 Å². The van der Waals surface area contributed by atoms with Crippen LogP contribution in [0.15, 0.2) is 18.2 Å². The number of hydrogen-bond acceptors (Lipinski definition) is 2. The molecule has 90 valence electrons. The SMILES string of the molecule is CC(C)(Cc1cccc2n[nH]c(Cl)c12)C(=O)O. The van der Waals surface area contributed by atoms with Crippen LogP contribution in [0.3, 0.4) is 0 Å². The average Bonchev–Trinajstić information content (AvgIpc) is 2.61. The monoisotopic (exact) mass is 252 g/mol. The Hall–Kier alpha value is -1.55. The van der Waals surface area contributed by atoms with E-state index in [0.29, 0.717) is 11.6 Å². The Morgan fingerprint density at radius 2 is 2.24 bits per heavy atom. The average molecular weight is 253 g/mol. The topological polar surface area (TPSA) is 66.0 Å². The Balaban J connectivity index is 2.49. The number of carboxylic acids is 1. The van der Waals surface area contributed by atoms with E-state index in [9.17, 15) is 4.79 Å². The van der Waals surface area contributed by atoms with Gasteiger partial charge in [0.2, 0.25) is 0 Å². The summed E-state index contributed by atoms with van der Waals surface area (Å²) in [6.45, 7) is 3.39. The maximum Gasteiger partial charge on any atom is 0.309 e. The summed E-state index contributed by atoms with van der Waals surface area (Å²) in [5.74, 6) is -0.825. The summed E-state index contributed by atoms with van der Waals surface area (Å²) in [4.78, 5) is 11.1. The molecular weight excluding hydrogens is 240 g/mol. The molecule has 1 aromatic carbocycles. The van der Waals surface area contributed by atoms with E-state index in [1.807, 2.05) is 18.2 Å². The number of carboxylic acid groups (broad SMARTS) is 1. The van der Waals surface area contributed by atoms with Crippen LogP contribution in [-0.2, 0) is 11.2 Å². The van der Waals surface area contributed by atoms with Gasteiger partial charge >= 0.3 is 5.97 Å². The summed E-state index contributed by atoms with van der Waals surface area (Å²) < 4.78 is 0. The van der Waals surface area contributed by atoms with Gasteiger partial charge in [-0.05, 0) is 31.9 Å². The Kier molecular flexibility index (Phi) is 2.83. The van der Waals surface area contributed by atoms with Gasteiger partial charge in [0.1, 0.15) is 5.15 Å². The second-order valence-electron chi connectivity index (χ2n) is 4.71. The molecule has 2 aromatic rings. The van der Waals surface area contributed by atoms with Gasteiger partial charge in [-0.1, -0.05) is 23.7 Å². The van der Waals surface area contributed by atoms with Crippen molar-refractivity contribution in [3.8, 4) is 0 Å². The first-order chi connectivity index (χ1) is 7.92. The molecule has 0 spiro atoms. The number of aromatic amines is 1. The number of carbonyl (C=O) groups is 1. The number of rotatable bonds is 3. The van der Waals surface area contributed by atoms with Crippen molar-refractivity contribution in [1.29, 1.82) is 0 Å². The number of aliphatic carboxylic acids is 1. The lowest BCUT2D eigenvalue weighted by molar-refractivity contribution is -0.146. The van der Waals surface area contributed by atoms with E-state index in [2.05, 4.69) is 10.2 Å². The Labute approximate surface area is 104 Å². The highest BCUT2D eigenvalue weighted by atomic mass is 35.5. The van der Waals surface area contributed by atoms with Crippen LogP contribution < -0.4 is 0 Å². The van der Waals surface area contributed by atoms with Gasteiger partial charge in [-0.2, -0.15) is 5.10 Å². The van der Waals surface area contributed by atoms with Gasteiger partial charge in [0.25, 0.3) is 0 Å². The van der Waals surface area contributed by atoms with E-state index >= 15 is 0 Å². The second kappa shape index (κ2) is 4.04. The normalized spacial score (nSPS) is 11.9. The van der Waals surface area contributed by atoms with Crippen LogP contribution in [0.4, 0.5) is 0 Å². The summed E-state index contributed by atoms with van der Waals surface area (Å²) in [5, 5.41) is 17.2. The van der Waals surface area contributed by atoms with Gasteiger partial charge in [0.15, 0.2) is 0 Å². The van der Waals surface area contributed by atoms with E-state index in [1.54, 1.807) is 13.8 Å². The fourth-order valence-corrected chi connectivity index (χ4v) is 2.06. The lowest BCUT2D eigenvalue weighted by atomic mass is 9.85. The molecule has 2 N–H and O–H groups in total. The number of H-pyrrole nitrogens is 1. The van der Waals surface area contributed by atoms with Gasteiger partial charge in [0.05, 0.1) is 10.9 Å². The van der Waals surface area contributed by atoms with Crippen molar-refractivity contribution in [3.05, 3.63) is 28.9 Å². The number of benzene rings is 1. The van der Waals surface area contributed by atoms with Crippen molar-refractivity contribution in [3.63, 3.8) is 0 Å². The third kappa shape index (κ3) is 2.13. The largest absolute Gasteiger partial charge is 0.481 e. The minimum atomic E-state index is -0.825. The van der Waals surface area contributed by atoms with Crippen LogP contribution >= 0.6 is 11.6 Å². The summed E-state index contributed by atoms with van der Waals surface area (Å²) >= 11 is 6.02. The molecule has 0 saturated carbocycles. The van der Waals surface area contributed by atoms with Crippen molar-refractivity contribution in [2.24, 2.45) is 5.41 Å². The zero-order chi connectivity index (χ0) is 12.6. The molecule has 0 amide bonds. The number of halogens is 1. The van der Waals surface area contributed by atoms with E-state index in [-0.39, 0.29) is 0 Å². The minimum Gasteiger partial charge on any atom is -0.481 e. The maximum absolute atomic E-state index is 11.1. The fraction of sp³-hybridized carbons (Fsp3) is 0.333. The molecule has 0 bridgehead atoms. The molecule has 0 aliphatic heterocycles. The maximum atomic E-state index is 11.1. The first-order valence-electron chi connectivity index (χ1n) is 5.27. The molecule has 1 aromatic heterocycles. The summed E-state index contributed by atoms with van der Waals surface area (Å²) in [6.07, 6.45) is 0.416. The highest BCUT2D eigenvalue weighted by Gasteiger charge is 2.28. The van der Waals surface area contributed by atoms with Crippen molar-refractivity contribution in [2.75, 3.05) is 0 Å². The third-order valence-corrected chi connectivity index (χ3v) is 3.11. The van der Waals surface area contributed by atoms with Crippen molar-refractivity contribution in [1.82, 2.24) is 10.2 Å². The minimum absolute atomic E-state index is 0.416. The zero-order valence-electron chi connectivity index (χ0n) is 9.62. The Morgan fingerprint density at radius 3 is 2.88 bits per heavy atom. The Morgan fingerprint density at radius 1 is 1.53 bits per heavy atom. The number of nitrogens with zero attached hydrogens (tertiary/aromatic N) is 1. The van der Waals surface area contributed by atoms with E-state index in [1.165, 1.54) is 0 Å². The molecule has 0 aliphatic carbocycles. The highest BCUT2D eigenvalue weighted by Crippen LogP contribution is 2.30. The molecule has 0 radical (unpaired) electrons. The van der Waals surface area contributed by atoms with Gasteiger partial charge in [-0.25, -0.2) is 0 Å². The van der Waals surface area contributed by atoms with E-state index in [4.69, 9.17) is 16.7 Å². The van der Waals surface area contributed by atoms with Crippen LogP contribution in [0.2, 0.25) is 5.15 Å². The summed E-state index contributed by atoms with van der Waals surface area (Å²) in [6, 6.07) is 5.58. The molecule has 0 aliphatic rings. The quantitative estimate of drug-likeness (QED) is 0.883. The fourth-order valence-electron chi connectivity index (χ4n) is 1.80. The van der Waals surface area contributed by atoms with Crippen LogP contribution in [0, 0.1) is 5.41 Å². The molecule has 5 heteroatoms. The molecule has 2 rings (SSSR count). The van der Waals surface area contributed by atoms with Crippen molar-refractivity contribution in [2.45, 2.75) is 20.3 Å². The molecule has 1 heterocycles. The lowest BCUT2D eigenvalue weighted by Gasteiger charge is -2.19. The first kappa shape index (κ1) is 11.9. The molecule has 0 fully saturated rings. The van der Waals surface area contributed by atoms with Crippen LogP contribution in [0.25, 0.3) is 10.9 Å². The van der Waals surface area contributed by atoms with E-state index in [0.717, 1.165) is 16.5 Å². The van der Waals surface area contributed by atoms with Crippen molar-refractivity contribution < 1.29 is 9.90 Å². The lowest BCUT2D eigenvalue weighted by Crippen LogP contribution is -2.26. The summed E-state index contributed by atoms with van der Waals surface area (Å²) in [7, 11) is 0. The van der Waals surface area contributed by atoms with Crippen LogP contribution in [0.5, 0.6) is 0 Å². The molecular formula is C12H13ClN2O2. The predicted molar refractivity (Wildman–Crippen MR) is 66.2 cm³/mol. The molecule has 0 atom stereocenters. The third-order valence-electron chi connectivity index (χ3n) is 2.83. The first-order valence-corrected chi connectivity index (χ1v) is 5.64. The van der Waals surface area contributed by atoms with Gasteiger partial charge in [-0.15, -0.1) is 0 Å². The van der Waals surface area contributed by atoms with E-state index < -0.39 is 11.4 Å². The van der Waals surface area contributed by atoms with Gasteiger partial charge in [0, 0.05) is 5.39 Å². The van der Waals surface area contributed by atoms with Crippen LogP contribution in [0.1, 0.15) is 19.4 Å². The highest BCUT2D eigenvalue weighted by molar-refractivity contribution is 6.34. The van der Waals surface area contributed by atoms with Crippen molar-refractivity contribution >= 4 is 28.5 Å². The summed E-state index contributed by atoms with van der Waals surface area (Å²) in [5.41, 5.74) is 0.830. The Bertz CT molecular complexity index is 575. The number of hydrogen-bond donors (Lipinski definition) is 2. The molecule has 0 saturated heterocycles. The number of aromatic nitrogens is 2. The molecule has 4 nitrogen and oxygen atoms in total. The smallest absolute Gasteiger partial charge is 0.309 e. The van der Waals surface area contributed by atoms with Crippen LogP contribution in [-0.4, -0.2) is 21.3 Å². The number of fused-ring (bicyclic) bond motifs is 1. The molecule has 0 unspecified atom stereocenters. The zero-order valence-corrected chi connectivity index (χ0v) is 10.4. The molecule has 17 heavy (non-hydrogen) atoms. The standard InChI is InChI=1S/C12H13ClN2O2/c1-12(2,11(16)17)6-7-4-3-5-8-9(7)10(13)15-14-8/h3-5H,6H2,1-2H3,(H,14,15)(H,16,17). The number of nitrogens with one attached hydrogen (secondary N) is 1. The van der Waals surface area contributed by atoms with Gasteiger partial charge < -0.3 is 5.11 Å². The predicted octanol–water partition coefficient (Wildman–Crippen LogP) is 2.87. The second-order valence-corrected chi connectivity index (χ2v) is 5.09.